The van der Waals surface area contributed by atoms with Gasteiger partial charge in [-0.25, -0.2) is 0 Å². The molecular formula is C16H18N2O4. The molecule has 2 amide bonds. The molecule has 22 heavy (non-hydrogen) atoms. The third kappa shape index (κ3) is 4.37. The van der Waals surface area contributed by atoms with Crippen LogP contribution < -0.4 is 15.4 Å². The predicted molar refractivity (Wildman–Crippen MR) is 81.0 cm³/mol. The van der Waals surface area contributed by atoms with E-state index in [9.17, 15) is 9.59 Å². The summed E-state index contributed by atoms with van der Waals surface area (Å²) in [5.41, 5.74) is 0.570. The third-order valence-corrected chi connectivity index (χ3v) is 3.02. The number of rotatable bonds is 7. The number of hydrogen-bond donors (Lipinski definition) is 2. The van der Waals surface area contributed by atoms with Gasteiger partial charge in [-0.2, -0.15) is 0 Å². The minimum Gasteiger partial charge on any atom is -0.497 e. The minimum absolute atomic E-state index is 0.153. The SMILES string of the molecule is COc1ccc(C(=O)NCCCNC(=O)c2ccco2)cc1. The molecule has 0 bridgehead atoms. The molecule has 1 aromatic carbocycles. The van der Waals surface area contributed by atoms with Gasteiger partial charge in [-0.1, -0.05) is 0 Å². The van der Waals surface area contributed by atoms with Crippen LogP contribution in [-0.2, 0) is 0 Å². The van der Waals surface area contributed by atoms with Crippen LogP contribution >= 0.6 is 0 Å². The molecule has 0 radical (unpaired) electrons. The van der Waals surface area contributed by atoms with Crippen molar-refractivity contribution >= 4 is 11.8 Å². The summed E-state index contributed by atoms with van der Waals surface area (Å²) in [5.74, 6) is 0.575. The van der Waals surface area contributed by atoms with Crippen LogP contribution in [0.5, 0.6) is 5.75 Å². The summed E-state index contributed by atoms with van der Waals surface area (Å²) in [4.78, 5) is 23.5. The van der Waals surface area contributed by atoms with E-state index < -0.39 is 0 Å². The van der Waals surface area contributed by atoms with Gasteiger partial charge in [-0.3, -0.25) is 9.59 Å². The zero-order valence-electron chi connectivity index (χ0n) is 12.3. The van der Waals surface area contributed by atoms with Crippen molar-refractivity contribution in [3.05, 3.63) is 54.0 Å². The Morgan fingerprint density at radius 2 is 1.73 bits per heavy atom. The molecule has 2 aromatic rings. The lowest BCUT2D eigenvalue weighted by atomic mass is 10.2. The Balaban J connectivity index is 1.65. The smallest absolute Gasteiger partial charge is 0.286 e. The predicted octanol–water partition coefficient (Wildman–Crippen LogP) is 1.84. The fourth-order valence-corrected chi connectivity index (χ4v) is 1.83. The highest BCUT2D eigenvalue weighted by molar-refractivity contribution is 5.94. The summed E-state index contributed by atoms with van der Waals surface area (Å²) in [6.45, 7) is 0.936. The van der Waals surface area contributed by atoms with Crippen LogP contribution in [0.3, 0.4) is 0 Å². The largest absolute Gasteiger partial charge is 0.497 e. The summed E-state index contributed by atoms with van der Waals surface area (Å²) in [6, 6.07) is 10.1. The molecule has 1 heterocycles. The van der Waals surface area contributed by atoms with E-state index in [-0.39, 0.29) is 17.6 Å². The summed E-state index contributed by atoms with van der Waals surface area (Å²) in [5, 5.41) is 5.50. The Hall–Kier alpha value is -2.76. The monoisotopic (exact) mass is 302 g/mol. The van der Waals surface area contributed by atoms with Crippen molar-refractivity contribution < 1.29 is 18.7 Å². The minimum atomic E-state index is -0.258. The fourth-order valence-electron chi connectivity index (χ4n) is 1.83. The second kappa shape index (κ2) is 7.87. The maximum absolute atomic E-state index is 11.9. The highest BCUT2D eigenvalue weighted by Crippen LogP contribution is 2.10. The summed E-state index contributed by atoms with van der Waals surface area (Å²) in [7, 11) is 1.58. The summed E-state index contributed by atoms with van der Waals surface area (Å²) in [6.07, 6.45) is 2.08. The first-order valence-electron chi connectivity index (χ1n) is 6.94. The van der Waals surface area contributed by atoms with E-state index in [4.69, 9.17) is 9.15 Å². The first kappa shape index (κ1) is 15.6. The molecule has 6 nitrogen and oxygen atoms in total. The number of benzene rings is 1. The lowest BCUT2D eigenvalue weighted by Gasteiger charge is -2.06. The van der Waals surface area contributed by atoms with Crippen molar-refractivity contribution in [1.82, 2.24) is 10.6 Å². The van der Waals surface area contributed by atoms with Crippen molar-refractivity contribution in [2.75, 3.05) is 20.2 Å². The topological polar surface area (TPSA) is 80.6 Å². The zero-order chi connectivity index (χ0) is 15.8. The van der Waals surface area contributed by atoms with Gasteiger partial charge in [0.2, 0.25) is 0 Å². The van der Waals surface area contributed by atoms with E-state index in [1.165, 1.54) is 6.26 Å². The standard InChI is InChI=1S/C16H18N2O4/c1-21-13-7-5-12(6-8-13)15(19)17-9-3-10-18-16(20)14-4-2-11-22-14/h2,4-8,11H,3,9-10H2,1H3,(H,17,19)(H,18,20). The van der Waals surface area contributed by atoms with Crippen molar-refractivity contribution in [3.8, 4) is 5.75 Å². The second-order valence-corrected chi connectivity index (χ2v) is 4.57. The van der Waals surface area contributed by atoms with Gasteiger partial charge in [0.1, 0.15) is 5.75 Å². The Morgan fingerprint density at radius 3 is 2.32 bits per heavy atom. The van der Waals surface area contributed by atoms with Gasteiger partial charge < -0.3 is 19.8 Å². The summed E-state index contributed by atoms with van der Waals surface area (Å²) >= 11 is 0. The van der Waals surface area contributed by atoms with Crippen LogP contribution in [0, 0.1) is 0 Å². The van der Waals surface area contributed by atoms with Crippen LogP contribution in [-0.4, -0.2) is 32.0 Å². The van der Waals surface area contributed by atoms with Crippen LogP contribution in [0.25, 0.3) is 0 Å². The Bertz CT molecular complexity index is 606. The van der Waals surface area contributed by atoms with Gasteiger partial charge in [-0.05, 0) is 42.8 Å². The fraction of sp³-hybridized carbons (Fsp3) is 0.250. The van der Waals surface area contributed by atoms with Crippen LogP contribution in [0.4, 0.5) is 0 Å². The van der Waals surface area contributed by atoms with E-state index in [2.05, 4.69) is 10.6 Å². The van der Waals surface area contributed by atoms with E-state index in [1.54, 1.807) is 43.5 Å². The highest BCUT2D eigenvalue weighted by atomic mass is 16.5. The lowest BCUT2D eigenvalue weighted by molar-refractivity contribution is 0.0925. The first-order valence-corrected chi connectivity index (χ1v) is 6.94. The van der Waals surface area contributed by atoms with E-state index in [0.717, 1.165) is 0 Å². The molecule has 0 saturated carbocycles. The Morgan fingerprint density at radius 1 is 1.05 bits per heavy atom. The second-order valence-electron chi connectivity index (χ2n) is 4.57. The first-order chi connectivity index (χ1) is 10.7. The molecule has 1 aromatic heterocycles. The van der Waals surface area contributed by atoms with E-state index in [1.807, 2.05) is 0 Å². The molecule has 2 N–H and O–H groups in total. The van der Waals surface area contributed by atoms with Crippen LogP contribution in [0.1, 0.15) is 27.3 Å². The number of ether oxygens (including phenoxy) is 1. The number of furan rings is 1. The van der Waals surface area contributed by atoms with Gasteiger partial charge in [0.05, 0.1) is 13.4 Å². The van der Waals surface area contributed by atoms with Crippen LogP contribution in [0.2, 0.25) is 0 Å². The van der Waals surface area contributed by atoms with Gasteiger partial charge in [-0.15, -0.1) is 0 Å². The number of nitrogens with one attached hydrogen (secondary N) is 2. The quantitative estimate of drug-likeness (QED) is 0.765. The van der Waals surface area contributed by atoms with Crippen molar-refractivity contribution in [1.29, 1.82) is 0 Å². The molecule has 0 unspecified atom stereocenters. The number of carbonyl (C=O) groups excluding carboxylic acids is 2. The Labute approximate surface area is 128 Å². The number of methoxy groups -OCH3 is 1. The van der Waals surface area contributed by atoms with Gasteiger partial charge in [0, 0.05) is 18.7 Å². The lowest BCUT2D eigenvalue weighted by Crippen LogP contribution is -2.29. The van der Waals surface area contributed by atoms with E-state index in [0.29, 0.717) is 30.8 Å². The number of hydrogen-bond acceptors (Lipinski definition) is 4. The average molecular weight is 302 g/mol. The molecule has 0 saturated heterocycles. The van der Waals surface area contributed by atoms with Gasteiger partial charge in [0.15, 0.2) is 5.76 Å². The molecule has 2 rings (SSSR count). The van der Waals surface area contributed by atoms with Crippen molar-refractivity contribution in [3.63, 3.8) is 0 Å². The van der Waals surface area contributed by atoms with Crippen LogP contribution in [0.15, 0.2) is 47.1 Å². The molecule has 6 heteroatoms. The maximum atomic E-state index is 11.9. The molecule has 0 spiro atoms. The van der Waals surface area contributed by atoms with E-state index >= 15 is 0 Å². The Kier molecular flexibility index (Phi) is 5.59. The molecule has 0 atom stereocenters. The highest BCUT2D eigenvalue weighted by Gasteiger charge is 2.07. The molecule has 0 aliphatic heterocycles. The summed E-state index contributed by atoms with van der Waals surface area (Å²) < 4.78 is 10.0. The maximum Gasteiger partial charge on any atom is 0.286 e. The third-order valence-electron chi connectivity index (χ3n) is 3.02. The van der Waals surface area contributed by atoms with Crippen molar-refractivity contribution in [2.45, 2.75) is 6.42 Å². The molecule has 116 valence electrons. The van der Waals surface area contributed by atoms with Crippen molar-refractivity contribution in [2.24, 2.45) is 0 Å². The zero-order valence-corrected chi connectivity index (χ0v) is 12.3. The molecular weight excluding hydrogens is 284 g/mol. The molecule has 0 aliphatic rings. The van der Waals surface area contributed by atoms with Gasteiger partial charge in [0.25, 0.3) is 11.8 Å². The normalized spacial score (nSPS) is 10.0. The number of amides is 2. The average Bonchev–Trinajstić information content (AvgIpc) is 3.09. The molecule has 0 aliphatic carbocycles. The number of carbonyl (C=O) groups is 2. The van der Waals surface area contributed by atoms with Gasteiger partial charge >= 0.3 is 0 Å². The molecule has 0 fully saturated rings.